The molecule has 6 nitrogen and oxygen atoms in total. The molecule has 4 rings (SSSR count). The van der Waals surface area contributed by atoms with E-state index in [0.29, 0.717) is 24.9 Å². The van der Waals surface area contributed by atoms with Crippen molar-refractivity contribution in [1.29, 1.82) is 0 Å². The molecule has 0 aliphatic rings. The van der Waals surface area contributed by atoms with Crippen LogP contribution in [0.4, 0.5) is 0 Å². The van der Waals surface area contributed by atoms with Gasteiger partial charge in [0.25, 0.3) is 0 Å². The summed E-state index contributed by atoms with van der Waals surface area (Å²) in [5, 5.41) is 2.17. The molecule has 0 bridgehead atoms. The lowest BCUT2D eigenvalue weighted by Crippen LogP contribution is -2.16. The summed E-state index contributed by atoms with van der Waals surface area (Å²) >= 11 is 0. The zero-order valence-electron chi connectivity index (χ0n) is 24.7. The van der Waals surface area contributed by atoms with Crippen molar-refractivity contribution in [2.75, 3.05) is 0 Å². The molecule has 0 saturated heterocycles. The lowest BCUT2D eigenvalue weighted by molar-refractivity contribution is 0.305. The fourth-order valence-corrected chi connectivity index (χ4v) is 4.16. The molecule has 2 atom stereocenters. The summed E-state index contributed by atoms with van der Waals surface area (Å²) in [6, 6.07) is 28.6. The molecule has 4 N–H and O–H groups in total. The molecule has 8 heteroatoms. The van der Waals surface area contributed by atoms with Crippen molar-refractivity contribution in [2.24, 2.45) is 21.5 Å². The second-order valence-corrected chi connectivity index (χ2v) is 10.2. The molecule has 42 heavy (non-hydrogen) atoms. The van der Waals surface area contributed by atoms with Gasteiger partial charge in [-0.1, -0.05) is 62.4 Å². The van der Waals surface area contributed by atoms with Crippen molar-refractivity contribution in [2.45, 2.75) is 65.8 Å². The molecule has 2 unspecified atom stereocenters. The van der Waals surface area contributed by atoms with Crippen molar-refractivity contribution >= 4 is 47.3 Å². The van der Waals surface area contributed by atoms with Crippen LogP contribution in [0.15, 0.2) is 94.9 Å². The van der Waals surface area contributed by atoms with Crippen molar-refractivity contribution < 1.29 is 9.47 Å². The van der Waals surface area contributed by atoms with Gasteiger partial charge in [-0.3, -0.25) is 9.98 Å². The molecule has 0 radical (unpaired) electrons. The van der Waals surface area contributed by atoms with Gasteiger partial charge in [0, 0.05) is 23.2 Å². The molecule has 0 aliphatic carbocycles. The normalized spacial score (nSPS) is 13.0. The van der Waals surface area contributed by atoms with Crippen LogP contribution in [0, 0.1) is 0 Å². The summed E-state index contributed by atoms with van der Waals surface area (Å²) in [7, 11) is 0. The van der Waals surface area contributed by atoms with E-state index in [4.69, 9.17) is 20.9 Å². The van der Waals surface area contributed by atoms with Gasteiger partial charge in [-0.05, 0) is 85.0 Å². The van der Waals surface area contributed by atoms with Gasteiger partial charge >= 0.3 is 0 Å². The summed E-state index contributed by atoms with van der Waals surface area (Å²) in [4.78, 5) is 9.11. The van der Waals surface area contributed by atoms with Gasteiger partial charge in [-0.25, -0.2) is 0 Å². The third-order valence-corrected chi connectivity index (χ3v) is 6.94. The highest BCUT2D eigenvalue weighted by molar-refractivity contribution is 5.98. The standard InChI is InChI=1S/C34H40N4O2.2ClH/c1-5-23(3)37-33(35)29-11-7-9-25(17-29)21-39-31-15-13-28-20-32(16-14-27(28)19-31)40-22-26-10-8-12-30(18-26)34(36)38-24(4)6-2;;/h7-20,23-24H,5-6,21-22H2,1-4H3,(H2,35,37)(H2,36,38);2*1H. The van der Waals surface area contributed by atoms with Crippen LogP contribution in [0.2, 0.25) is 0 Å². The van der Waals surface area contributed by atoms with Gasteiger partial charge in [-0.15, -0.1) is 24.8 Å². The topological polar surface area (TPSA) is 95.2 Å². The van der Waals surface area contributed by atoms with E-state index >= 15 is 0 Å². The van der Waals surface area contributed by atoms with E-state index in [0.717, 1.165) is 57.4 Å². The Hall–Kier alpha value is -3.74. The average molecular weight is 610 g/mol. The third kappa shape index (κ3) is 9.68. The van der Waals surface area contributed by atoms with Crippen LogP contribution >= 0.6 is 24.8 Å². The maximum atomic E-state index is 6.20. The lowest BCUT2D eigenvalue weighted by Gasteiger charge is -2.11. The van der Waals surface area contributed by atoms with Crippen LogP contribution in [0.25, 0.3) is 10.8 Å². The Morgan fingerprint density at radius 2 is 1.02 bits per heavy atom. The van der Waals surface area contributed by atoms with Gasteiger partial charge in [0.15, 0.2) is 0 Å². The molecule has 0 spiro atoms. The molecular formula is C34H42Cl2N4O2. The predicted molar refractivity (Wildman–Crippen MR) is 181 cm³/mol. The van der Waals surface area contributed by atoms with Crippen molar-refractivity contribution in [3.05, 3.63) is 107 Å². The Morgan fingerprint density at radius 1 is 0.619 bits per heavy atom. The zero-order valence-corrected chi connectivity index (χ0v) is 26.4. The van der Waals surface area contributed by atoms with Crippen LogP contribution in [0.1, 0.15) is 62.8 Å². The summed E-state index contributed by atoms with van der Waals surface area (Å²) in [6.07, 6.45) is 1.91. The highest BCUT2D eigenvalue weighted by Crippen LogP contribution is 2.26. The van der Waals surface area contributed by atoms with Gasteiger partial charge in [-0.2, -0.15) is 0 Å². The van der Waals surface area contributed by atoms with Crippen molar-refractivity contribution in [1.82, 2.24) is 0 Å². The van der Waals surface area contributed by atoms with Crippen LogP contribution < -0.4 is 20.9 Å². The molecule has 0 aromatic heterocycles. The number of rotatable bonds is 12. The lowest BCUT2D eigenvalue weighted by atomic mass is 10.1. The van der Waals surface area contributed by atoms with Gasteiger partial charge < -0.3 is 20.9 Å². The minimum Gasteiger partial charge on any atom is -0.489 e. The Balaban J connectivity index is 0.00000308. The van der Waals surface area contributed by atoms with E-state index in [1.54, 1.807) is 0 Å². The number of benzene rings is 4. The molecule has 4 aromatic rings. The molecule has 0 aliphatic heterocycles. The number of hydrogen-bond acceptors (Lipinski definition) is 4. The number of nitrogens with zero attached hydrogens (tertiary/aromatic N) is 2. The summed E-state index contributed by atoms with van der Waals surface area (Å²) in [5.41, 5.74) is 16.3. The number of aliphatic imine (C=N–C) groups is 2. The highest BCUT2D eigenvalue weighted by Gasteiger charge is 2.07. The molecular weight excluding hydrogens is 567 g/mol. The van der Waals surface area contributed by atoms with Crippen LogP contribution in [-0.4, -0.2) is 23.8 Å². The van der Waals surface area contributed by atoms with Crippen molar-refractivity contribution in [3.8, 4) is 11.5 Å². The molecule has 0 heterocycles. The van der Waals surface area contributed by atoms with E-state index in [2.05, 4.69) is 49.8 Å². The van der Waals surface area contributed by atoms with E-state index in [1.165, 1.54) is 0 Å². The first-order chi connectivity index (χ1) is 19.3. The van der Waals surface area contributed by atoms with E-state index in [1.807, 2.05) is 72.8 Å². The maximum absolute atomic E-state index is 6.20. The number of nitrogens with two attached hydrogens (primary N) is 2. The Labute approximate surface area is 262 Å². The smallest absolute Gasteiger partial charge is 0.125 e. The molecule has 0 fully saturated rings. The Morgan fingerprint density at radius 3 is 1.40 bits per heavy atom. The van der Waals surface area contributed by atoms with E-state index in [9.17, 15) is 0 Å². The fraction of sp³-hybridized carbons (Fsp3) is 0.294. The van der Waals surface area contributed by atoms with E-state index in [-0.39, 0.29) is 36.9 Å². The number of halogens is 2. The monoisotopic (exact) mass is 608 g/mol. The molecule has 0 amide bonds. The van der Waals surface area contributed by atoms with Crippen LogP contribution in [-0.2, 0) is 13.2 Å². The van der Waals surface area contributed by atoms with E-state index < -0.39 is 0 Å². The number of amidine groups is 2. The Kier molecular flexibility index (Phi) is 13.7. The minimum atomic E-state index is 0. The molecule has 0 saturated carbocycles. The highest BCUT2D eigenvalue weighted by atomic mass is 35.5. The third-order valence-electron chi connectivity index (χ3n) is 6.94. The van der Waals surface area contributed by atoms with Crippen molar-refractivity contribution in [3.63, 3.8) is 0 Å². The Bertz CT molecular complexity index is 1390. The molecule has 224 valence electrons. The predicted octanol–water partition coefficient (Wildman–Crippen LogP) is 7.85. The largest absolute Gasteiger partial charge is 0.489 e. The first-order valence-electron chi connectivity index (χ1n) is 14.0. The van der Waals surface area contributed by atoms with Crippen LogP contribution in [0.3, 0.4) is 0 Å². The second-order valence-electron chi connectivity index (χ2n) is 10.2. The quantitative estimate of drug-likeness (QED) is 0.126. The van der Waals surface area contributed by atoms with Gasteiger partial charge in [0.2, 0.25) is 0 Å². The SMILES string of the molecule is CCC(C)N=C(N)c1cccc(COc2ccc3cc(OCc4cccc(C(N)=NC(C)CC)c4)ccc3c2)c1.Cl.Cl. The maximum Gasteiger partial charge on any atom is 0.125 e. The first kappa shape index (κ1) is 34.5. The number of ether oxygens (including phenoxy) is 2. The summed E-state index contributed by atoms with van der Waals surface area (Å²) in [6.45, 7) is 9.23. The summed E-state index contributed by atoms with van der Waals surface area (Å²) < 4.78 is 12.2. The van der Waals surface area contributed by atoms with Gasteiger partial charge in [0.1, 0.15) is 36.4 Å². The zero-order chi connectivity index (χ0) is 28.5. The van der Waals surface area contributed by atoms with Crippen LogP contribution in [0.5, 0.6) is 11.5 Å². The number of hydrogen-bond donors (Lipinski definition) is 2. The molecule has 4 aromatic carbocycles. The fourth-order valence-electron chi connectivity index (χ4n) is 4.16. The summed E-state index contributed by atoms with van der Waals surface area (Å²) in [5.74, 6) is 2.74. The second kappa shape index (κ2) is 16.6. The first-order valence-corrected chi connectivity index (χ1v) is 14.0. The van der Waals surface area contributed by atoms with Gasteiger partial charge in [0.05, 0.1) is 0 Å². The minimum absolute atomic E-state index is 0. The average Bonchev–Trinajstić information content (AvgIpc) is 2.98. The number of fused-ring (bicyclic) bond motifs is 1.